The topological polar surface area (TPSA) is 16.1 Å². The van der Waals surface area contributed by atoms with E-state index in [9.17, 15) is 13.2 Å². The Morgan fingerprint density at radius 1 is 1.39 bits per heavy atom. The Bertz CT molecular complexity index is 391. The largest absolute Gasteiger partial charge is 0.417 e. The third kappa shape index (κ3) is 3.16. The molecule has 2 heterocycles. The van der Waals surface area contributed by atoms with Gasteiger partial charge in [-0.2, -0.15) is 13.2 Å². The average Bonchev–Trinajstić information content (AvgIpc) is 2.38. The van der Waals surface area contributed by atoms with Crippen LogP contribution in [0.1, 0.15) is 18.4 Å². The zero-order valence-electron chi connectivity index (χ0n) is 9.75. The summed E-state index contributed by atoms with van der Waals surface area (Å²) in [6, 6.07) is 2.56. The summed E-state index contributed by atoms with van der Waals surface area (Å²) >= 11 is 3.45. The normalized spacial score (nSPS) is 21.1. The van der Waals surface area contributed by atoms with Gasteiger partial charge < -0.3 is 4.90 Å². The molecule has 0 amide bonds. The van der Waals surface area contributed by atoms with Crippen LogP contribution in [0.2, 0.25) is 0 Å². The quantitative estimate of drug-likeness (QED) is 0.772. The Hall–Kier alpha value is -0.780. The number of rotatable bonds is 2. The molecule has 6 heteroatoms. The van der Waals surface area contributed by atoms with Crippen LogP contribution in [0.4, 0.5) is 19.0 Å². The highest BCUT2D eigenvalue weighted by molar-refractivity contribution is 9.09. The molecule has 1 aliphatic heterocycles. The maximum Gasteiger partial charge on any atom is 0.417 e. The Morgan fingerprint density at radius 2 is 2.17 bits per heavy atom. The van der Waals surface area contributed by atoms with Crippen molar-refractivity contribution in [2.24, 2.45) is 5.92 Å². The van der Waals surface area contributed by atoms with Crippen LogP contribution in [0.25, 0.3) is 0 Å². The number of alkyl halides is 4. The first-order valence-electron chi connectivity index (χ1n) is 5.85. The molecule has 1 aromatic rings. The predicted octanol–water partition coefficient (Wildman–Crippen LogP) is 3.71. The zero-order chi connectivity index (χ0) is 13.2. The maximum absolute atomic E-state index is 12.4. The second-order valence-corrected chi connectivity index (χ2v) is 5.16. The predicted molar refractivity (Wildman–Crippen MR) is 68.0 cm³/mol. The highest BCUT2D eigenvalue weighted by Gasteiger charge is 2.31. The van der Waals surface area contributed by atoms with Gasteiger partial charge in [-0.25, -0.2) is 4.98 Å². The number of hydrogen-bond donors (Lipinski definition) is 0. The molecule has 2 rings (SSSR count). The molecule has 0 aromatic carbocycles. The van der Waals surface area contributed by atoms with E-state index in [1.165, 1.54) is 6.07 Å². The van der Waals surface area contributed by atoms with E-state index < -0.39 is 11.7 Å². The van der Waals surface area contributed by atoms with E-state index in [1.54, 1.807) is 0 Å². The Balaban J connectivity index is 2.09. The van der Waals surface area contributed by atoms with Crippen molar-refractivity contribution in [2.75, 3.05) is 23.3 Å². The second-order valence-electron chi connectivity index (χ2n) is 4.51. The van der Waals surface area contributed by atoms with Gasteiger partial charge in [-0.3, -0.25) is 0 Å². The fraction of sp³-hybridized carbons (Fsp3) is 0.583. The van der Waals surface area contributed by atoms with E-state index in [0.29, 0.717) is 11.7 Å². The van der Waals surface area contributed by atoms with E-state index in [0.717, 1.165) is 43.5 Å². The van der Waals surface area contributed by atoms with Crippen LogP contribution in [0.5, 0.6) is 0 Å². The van der Waals surface area contributed by atoms with E-state index in [2.05, 4.69) is 25.8 Å². The first kappa shape index (κ1) is 13.6. The molecule has 1 unspecified atom stereocenters. The monoisotopic (exact) mass is 322 g/mol. The van der Waals surface area contributed by atoms with Gasteiger partial charge in [0, 0.05) is 24.6 Å². The summed E-state index contributed by atoms with van der Waals surface area (Å²) in [6.07, 6.45) is -1.19. The lowest BCUT2D eigenvalue weighted by molar-refractivity contribution is -0.137. The highest BCUT2D eigenvalue weighted by Crippen LogP contribution is 2.30. The number of pyridine rings is 1. The molecule has 1 aliphatic rings. The van der Waals surface area contributed by atoms with E-state index >= 15 is 0 Å². The lowest BCUT2D eigenvalue weighted by atomic mass is 10.0. The van der Waals surface area contributed by atoms with Crippen LogP contribution >= 0.6 is 15.9 Å². The number of piperidine rings is 1. The van der Waals surface area contributed by atoms with Crippen molar-refractivity contribution in [1.29, 1.82) is 0 Å². The fourth-order valence-corrected chi connectivity index (χ4v) is 2.67. The minimum Gasteiger partial charge on any atom is -0.356 e. The van der Waals surface area contributed by atoms with E-state index in [1.807, 2.05) is 0 Å². The van der Waals surface area contributed by atoms with Crippen molar-refractivity contribution in [1.82, 2.24) is 4.98 Å². The van der Waals surface area contributed by atoms with Crippen molar-refractivity contribution < 1.29 is 13.2 Å². The van der Waals surface area contributed by atoms with Gasteiger partial charge in [0.1, 0.15) is 5.82 Å². The van der Waals surface area contributed by atoms with Crippen molar-refractivity contribution in [3.8, 4) is 0 Å². The lowest BCUT2D eigenvalue weighted by Gasteiger charge is -2.32. The van der Waals surface area contributed by atoms with Crippen LogP contribution in [0, 0.1) is 5.92 Å². The summed E-state index contributed by atoms with van der Waals surface area (Å²) in [5.74, 6) is 1.18. The van der Waals surface area contributed by atoms with Crippen LogP contribution in [0.3, 0.4) is 0 Å². The standard InChI is InChI=1S/C12H14BrF3N2/c13-6-9-2-1-5-18(8-9)11-4-3-10(7-17-11)12(14,15)16/h3-4,7,9H,1-2,5-6,8H2. The number of anilines is 1. The zero-order valence-corrected chi connectivity index (χ0v) is 11.3. The van der Waals surface area contributed by atoms with Gasteiger partial charge >= 0.3 is 6.18 Å². The van der Waals surface area contributed by atoms with Gasteiger partial charge in [-0.15, -0.1) is 0 Å². The molecule has 100 valence electrons. The maximum atomic E-state index is 12.4. The van der Waals surface area contributed by atoms with Crippen molar-refractivity contribution in [3.05, 3.63) is 23.9 Å². The molecular formula is C12H14BrF3N2. The minimum absolute atomic E-state index is 0.544. The summed E-state index contributed by atoms with van der Waals surface area (Å²) in [7, 11) is 0. The van der Waals surface area contributed by atoms with E-state index in [-0.39, 0.29) is 0 Å². The Labute approximate surface area is 112 Å². The number of halogens is 4. The van der Waals surface area contributed by atoms with Crippen molar-refractivity contribution >= 4 is 21.7 Å². The van der Waals surface area contributed by atoms with Gasteiger partial charge in [0.2, 0.25) is 0 Å². The van der Waals surface area contributed by atoms with Gasteiger partial charge in [0.05, 0.1) is 5.56 Å². The third-order valence-corrected chi connectivity index (χ3v) is 4.05. The number of hydrogen-bond acceptors (Lipinski definition) is 2. The average molecular weight is 323 g/mol. The van der Waals surface area contributed by atoms with Crippen molar-refractivity contribution in [2.45, 2.75) is 19.0 Å². The fourth-order valence-electron chi connectivity index (χ4n) is 2.14. The van der Waals surface area contributed by atoms with Gasteiger partial charge in [-0.05, 0) is 30.9 Å². The molecule has 1 atom stereocenters. The molecule has 0 N–H and O–H groups in total. The van der Waals surface area contributed by atoms with Crippen LogP contribution in [-0.2, 0) is 6.18 Å². The Kier molecular flexibility index (Phi) is 4.14. The molecule has 1 fully saturated rings. The minimum atomic E-state index is -4.31. The lowest BCUT2D eigenvalue weighted by Crippen LogP contribution is -2.36. The van der Waals surface area contributed by atoms with Crippen LogP contribution in [0.15, 0.2) is 18.3 Å². The molecule has 2 nitrogen and oxygen atoms in total. The summed E-state index contributed by atoms with van der Waals surface area (Å²) < 4.78 is 37.3. The molecule has 0 radical (unpaired) electrons. The smallest absolute Gasteiger partial charge is 0.356 e. The molecule has 18 heavy (non-hydrogen) atoms. The molecule has 1 aromatic heterocycles. The molecule has 0 spiro atoms. The van der Waals surface area contributed by atoms with Gasteiger partial charge in [-0.1, -0.05) is 15.9 Å². The summed E-state index contributed by atoms with van der Waals surface area (Å²) in [5.41, 5.74) is -0.694. The summed E-state index contributed by atoms with van der Waals surface area (Å²) in [5, 5.41) is 0.921. The Morgan fingerprint density at radius 3 is 2.72 bits per heavy atom. The third-order valence-electron chi connectivity index (χ3n) is 3.14. The first-order chi connectivity index (χ1) is 8.50. The number of aromatic nitrogens is 1. The molecular weight excluding hydrogens is 309 g/mol. The highest BCUT2D eigenvalue weighted by atomic mass is 79.9. The second kappa shape index (κ2) is 5.47. The SMILES string of the molecule is FC(F)(F)c1ccc(N2CCCC(CBr)C2)nc1. The van der Waals surface area contributed by atoms with Crippen molar-refractivity contribution in [3.63, 3.8) is 0 Å². The molecule has 0 aliphatic carbocycles. The van der Waals surface area contributed by atoms with Gasteiger partial charge in [0.15, 0.2) is 0 Å². The summed E-state index contributed by atoms with van der Waals surface area (Å²) in [4.78, 5) is 5.98. The molecule has 0 bridgehead atoms. The van der Waals surface area contributed by atoms with Gasteiger partial charge in [0.25, 0.3) is 0 Å². The van der Waals surface area contributed by atoms with Crippen LogP contribution in [-0.4, -0.2) is 23.4 Å². The number of nitrogens with zero attached hydrogens (tertiary/aromatic N) is 2. The molecule has 0 saturated carbocycles. The summed E-state index contributed by atoms with van der Waals surface area (Å²) in [6.45, 7) is 1.71. The first-order valence-corrected chi connectivity index (χ1v) is 6.97. The van der Waals surface area contributed by atoms with Crippen LogP contribution < -0.4 is 4.90 Å². The molecule has 1 saturated heterocycles. The van der Waals surface area contributed by atoms with E-state index in [4.69, 9.17) is 0 Å².